The van der Waals surface area contributed by atoms with Crippen LogP contribution < -0.4 is 10.0 Å². The molecule has 0 aliphatic carbocycles. The summed E-state index contributed by atoms with van der Waals surface area (Å²) in [6.07, 6.45) is 1.80. The smallest absolute Gasteiger partial charge is 0.245 e. The summed E-state index contributed by atoms with van der Waals surface area (Å²) in [5.74, 6) is 0. The average Bonchev–Trinajstić information content (AvgIpc) is 2.54. The van der Waals surface area contributed by atoms with Crippen LogP contribution in [0.2, 0.25) is 5.15 Å². The number of hydrogen-bond acceptors (Lipinski definition) is 4. The van der Waals surface area contributed by atoms with Gasteiger partial charge in [0.1, 0.15) is 10.0 Å². The molecule has 2 heterocycles. The Hall–Kier alpha value is -0.340. The van der Waals surface area contributed by atoms with Gasteiger partial charge in [0, 0.05) is 19.6 Å². The van der Waals surface area contributed by atoms with Crippen molar-refractivity contribution in [3.8, 4) is 0 Å². The van der Waals surface area contributed by atoms with Gasteiger partial charge in [-0.05, 0) is 26.3 Å². The number of piperidine rings is 1. The Kier molecular flexibility index (Phi) is 5.64. The molecule has 1 aliphatic rings. The lowest BCUT2D eigenvalue weighted by atomic mass is 10.1. The minimum absolute atomic E-state index is 0. The average molecular weight is 329 g/mol. The zero-order chi connectivity index (χ0) is 13.3. The van der Waals surface area contributed by atoms with Crippen LogP contribution in [-0.2, 0) is 17.1 Å². The van der Waals surface area contributed by atoms with Crippen molar-refractivity contribution >= 4 is 34.0 Å². The molecule has 1 fully saturated rings. The molecule has 2 rings (SSSR count). The highest BCUT2D eigenvalue weighted by Gasteiger charge is 2.28. The standard InChI is InChI=1S/C10H17ClN4O2S.ClH/c1-7-9(10(11)15(2)13-7)18(16,17)14-8-4-3-5-12-6-8;/h8,12,14H,3-6H2,1-2H3;1H. The molecular weight excluding hydrogens is 311 g/mol. The molecule has 1 aliphatic heterocycles. The number of aromatic nitrogens is 2. The molecule has 0 aromatic carbocycles. The molecule has 110 valence electrons. The van der Waals surface area contributed by atoms with Gasteiger partial charge in [-0.1, -0.05) is 11.6 Å². The molecule has 2 N–H and O–H groups in total. The lowest BCUT2D eigenvalue weighted by Gasteiger charge is -2.23. The normalized spacial score (nSPS) is 20.1. The van der Waals surface area contributed by atoms with Crippen LogP contribution in [0.1, 0.15) is 18.5 Å². The van der Waals surface area contributed by atoms with Crippen LogP contribution in [0.3, 0.4) is 0 Å². The van der Waals surface area contributed by atoms with Crippen LogP contribution in [0.5, 0.6) is 0 Å². The van der Waals surface area contributed by atoms with Gasteiger partial charge in [0.2, 0.25) is 10.0 Å². The van der Waals surface area contributed by atoms with Gasteiger partial charge in [0.15, 0.2) is 0 Å². The van der Waals surface area contributed by atoms with Crippen LogP contribution in [0.15, 0.2) is 4.90 Å². The molecule has 0 bridgehead atoms. The number of halogens is 2. The van der Waals surface area contributed by atoms with E-state index in [2.05, 4.69) is 15.1 Å². The molecule has 1 aromatic heterocycles. The third kappa shape index (κ3) is 3.61. The highest BCUT2D eigenvalue weighted by atomic mass is 35.5. The fraction of sp³-hybridized carbons (Fsp3) is 0.700. The van der Waals surface area contributed by atoms with Crippen molar-refractivity contribution in [1.29, 1.82) is 0 Å². The van der Waals surface area contributed by atoms with E-state index in [1.54, 1.807) is 14.0 Å². The van der Waals surface area contributed by atoms with Gasteiger partial charge in [0.25, 0.3) is 0 Å². The molecule has 6 nitrogen and oxygen atoms in total. The van der Waals surface area contributed by atoms with E-state index in [1.807, 2.05) is 0 Å². The van der Waals surface area contributed by atoms with Gasteiger partial charge < -0.3 is 5.32 Å². The van der Waals surface area contributed by atoms with Crippen molar-refractivity contribution < 1.29 is 8.42 Å². The Morgan fingerprint density at radius 3 is 2.68 bits per heavy atom. The van der Waals surface area contributed by atoms with Gasteiger partial charge in [-0.25, -0.2) is 13.1 Å². The van der Waals surface area contributed by atoms with Gasteiger partial charge in [0.05, 0.1) is 5.69 Å². The van der Waals surface area contributed by atoms with Gasteiger partial charge in [-0.3, -0.25) is 4.68 Å². The molecule has 1 atom stereocenters. The van der Waals surface area contributed by atoms with E-state index < -0.39 is 10.0 Å². The molecule has 1 aromatic rings. The van der Waals surface area contributed by atoms with Crippen LogP contribution in [0.25, 0.3) is 0 Å². The van der Waals surface area contributed by atoms with Crippen LogP contribution >= 0.6 is 24.0 Å². The van der Waals surface area contributed by atoms with Gasteiger partial charge >= 0.3 is 0 Å². The van der Waals surface area contributed by atoms with Gasteiger partial charge in [-0.15, -0.1) is 12.4 Å². The number of hydrogen-bond donors (Lipinski definition) is 2. The number of nitrogens with one attached hydrogen (secondary N) is 2. The van der Waals surface area contributed by atoms with Crippen molar-refractivity contribution in [1.82, 2.24) is 19.8 Å². The lowest BCUT2D eigenvalue weighted by molar-refractivity contribution is 0.428. The first-order valence-corrected chi connectivity index (χ1v) is 7.70. The molecule has 0 amide bonds. The maximum atomic E-state index is 12.3. The predicted octanol–water partition coefficient (Wildman–Crippen LogP) is 0.834. The summed E-state index contributed by atoms with van der Waals surface area (Å²) in [5, 5.41) is 7.32. The largest absolute Gasteiger partial charge is 0.315 e. The zero-order valence-corrected chi connectivity index (χ0v) is 13.2. The van der Waals surface area contributed by atoms with Crippen LogP contribution in [0, 0.1) is 6.92 Å². The molecule has 1 saturated heterocycles. The monoisotopic (exact) mass is 328 g/mol. The highest BCUT2D eigenvalue weighted by Crippen LogP contribution is 2.24. The van der Waals surface area contributed by atoms with Crippen molar-refractivity contribution in [2.75, 3.05) is 13.1 Å². The second kappa shape index (κ2) is 6.41. The minimum Gasteiger partial charge on any atom is -0.315 e. The van der Waals surface area contributed by atoms with E-state index in [1.165, 1.54) is 4.68 Å². The van der Waals surface area contributed by atoms with Crippen molar-refractivity contribution in [3.63, 3.8) is 0 Å². The van der Waals surface area contributed by atoms with Crippen LogP contribution in [-0.4, -0.2) is 37.3 Å². The second-order valence-corrected chi connectivity index (χ2v) is 6.50. The Balaban J connectivity index is 0.00000180. The predicted molar refractivity (Wildman–Crippen MR) is 76.4 cm³/mol. The first-order valence-electron chi connectivity index (χ1n) is 5.84. The summed E-state index contributed by atoms with van der Waals surface area (Å²) in [6.45, 7) is 3.22. The maximum absolute atomic E-state index is 12.3. The zero-order valence-electron chi connectivity index (χ0n) is 10.8. The molecular formula is C10H18Cl2N4O2S. The summed E-state index contributed by atoms with van der Waals surface area (Å²) in [7, 11) is -1.98. The van der Waals surface area contributed by atoms with E-state index in [4.69, 9.17) is 11.6 Å². The Morgan fingerprint density at radius 1 is 1.53 bits per heavy atom. The summed E-state index contributed by atoms with van der Waals surface area (Å²) in [6, 6.07) is -0.0839. The van der Waals surface area contributed by atoms with E-state index in [9.17, 15) is 8.42 Å². The molecule has 0 radical (unpaired) electrons. The Labute approximate surface area is 124 Å². The summed E-state index contributed by atoms with van der Waals surface area (Å²) in [5.41, 5.74) is 0.416. The fourth-order valence-corrected chi connectivity index (χ4v) is 4.17. The summed E-state index contributed by atoms with van der Waals surface area (Å²) >= 11 is 5.98. The van der Waals surface area contributed by atoms with Crippen LogP contribution in [0.4, 0.5) is 0 Å². The number of rotatable bonds is 3. The quantitative estimate of drug-likeness (QED) is 0.861. The summed E-state index contributed by atoms with van der Waals surface area (Å²) < 4.78 is 28.6. The van der Waals surface area contributed by atoms with Crippen molar-refractivity contribution in [2.45, 2.75) is 30.7 Å². The topological polar surface area (TPSA) is 76.0 Å². The number of aryl methyl sites for hydroxylation is 2. The van der Waals surface area contributed by atoms with E-state index in [0.717, 1.165) is 19.4 Å². The van der Waals surface area contributed by atoms with Crippen molar-refractivity contribution in [3.05, 3.63) is 10.8 Å². The molecule has 1 unspecified atom stereocenters. The summed E-state index contributed by atoms with van der Waals surface area (Å²) in [4.78, 5) is 0.0808. The molecule has 19 heavy (non-hydrogen) atoms. The number of sulfonamides is 1. The fourth-order valence-electron chi connectivity index (χ4n) is 2.15. The minimum atomic E-state index is -3.61. The molecule has 0 spiro atoms. The SMILES string of the molecule is Cc1nn(C)c(Cl)c1S(=O)(=O)NC1CCCNC1.Cl. The molecule has 0 saturated carbocycles. The first kappa shape index (κ1) is 16.7. The van der Waals surface area contributed by atoms with E-state index in [0.29, 0.717) is 12.2 Å². The van der Waals surface area contributed by atoms with Gasteiger partial charge in [-0.2, -0.15) is 5.10 Å². The van der Waals surface area contributed by atoms with E-state index >= 15 is 0 Å². The van der Waals surface area contributed by atoms with Crippen molar-refractivity contribution in [2.24, 2.45) is 7.05 Å². The Morgan fingerprint density at radius 2 is 2.21 bits per heavy atom. The second-order valence-electron chi connectivity index (χ2n) is 4.49. The first-order chi connectivity index (χ1) is 8.42. The third-order valence-electron chi connectivity index (χ3n) is 2.99. The van der Waals surface area contributed by atoms with E-state index in [-0.39, 0.29) is 28.5 Å². The molecule has 9 heteroatoms. The maximum Gasteiger partial charge on any atom is 0.245 e. The number of nitrogens with zero attached hydrogens (tertiary/aromatic N) is 2. The Bertz CT molecular complexity index is 538. The highest BCUT2D eigenvalue weighted by molar-refractivity contribution is 7.89. The third-order valence-corrected chi connectivity index (χ3v) is 5.20. The lowest BCUT2D eigenvalue weighted by Crippen LogP contribution is -2.45.